The molecule has 1 heterocycles. The number of benzene rings is 3. The quantitative estimate of drug-likeness (QED) is 0.186. The summed E-state index contributed by atoms with van der Waals surface area (Å²) in [6.07, 6.45) is 6.58. The van der Waals surface area contributed by atoms with Gasteiger partial charge in [0.15, 0.2) is 0 Å². The van der Waals surface area contributed by atoms with Crippen molar-refractivity contribution in [3.8, 4) is 0 Å². The van der Waals surface area contributed by atoms with Crippen LogP contribution in [0, 0.1) is 11.8 Å². The zero-order valence-electron chi connectivity index (χ0n) is 21.8. The maximum Gasteiger partial charge on any atom is 0.340 e. The van der Waals surface area contributed by atoms with E-state index in [1.165, 1.54) is 24.2 Å². The summed E-state index contributed by atoms with van der Waals surface area (Å²) in [6, 6.07) is 23.2. The van der Waals surface area contributed by atoms with Crippen LogP contribution in [0.15, 0.2) is 72.8 Å². The van der Waals surface area contributed by atoms with E-state index < -0.39 is 17.8 Å². The molecule has 3 aliphatic carbocycles. The molecule has 2 bridgehead atoms. The summed E-state index contributed by atoms with van der Waals surface area (Å²) in [7, 11) is 0. The summed E-state index contributed by atoms with van der Waals surface area (Å²) >= 11 is 0. The molecule has 0 aromatic heterocycles. The van der Waals surface area contributed by atoms with Gasteiger partial charge in [-0.2, -0.15) is 0 Å². The second-order valence-electron chi connectivity index (χ2n) is 10.7. The number of nitrogens with zero attached hydrogens (tertiary/aromatic N) is 1. The first kappa shape index (κ1) is 24.6. The SMILES string of the molecule is CCCCCCCCOC(=O)c1ccccc1N1C(=O)[C@@H]2C3c4ccccc4C(c4ccccc43)[C@@H]2C1=O. The molecule has 7 rings (SSSR count). The number of unbranched alkanes of at least 4 members (excludes halogenated alkanes) is 5. The first-order valence-electron chi connectivity index (χ1n) is 13.9. The molecule has 3 aromatic carbocycles. The summed E-state index contributed by atoms with van der Waals surface area (Å²) in [5.74, 6) is -2.25. The smallest absolute Gasteiger partial charge is 0.340 e. The average Bonchev–Trinajstić information content (AvgIpc) is 3.22. The second kappa shape index (κ2) is 10.2. The highest BCUT2D eigenvalue weighted by atomic mass is 16.5. The summed E-state index contributed by atoms with van der Waals surface area (Å²) in [6.45, 7) is 2.52. The minimum Gasteiger partial charge on any atom is -0.462 e. The van der Waals surface area contributed by atoms with Crippen LogP contribution in [0.1, 0.15) is 89.9 Å². The maximum absolute atomic E-state index is 14.1. The number of amides is 2. The summed E-state index contributed by atoms with van der Waals surface area (Å²) in [5.41, 5.74) is 5.12. The first-order chi connectivity index (χ1) is 18.6. The Balaban J connectivity index is 1.28. The lowest BCUT2D eigenvalue weighted by Gasteiger charge is -2.45. The first-order valence-corrected chi connectivity index (χ1v) is 13.9. The number of para-hydroxylation sites is 1. The topological polar surface area (TPSA) is 63.7 Å². The van der Waals surface area contributed by atoms with Gasteiger partial charge in [0, 0.05) is 11.8 Å². The molecule has 0 saturated carbocycles. The standard InChI is InChI=1S/C33H33NO4/c1-2-3-4-5-6-13-20-38-33(37)25-18-11-12-19-26(25)34-31(35)29-27-21-14-7-8-15-22(21)28(30(29)32(34)36)24-17-10-9-16-23(24)27/h7-12,14-19,27-30H,2-6,13,20H2,1H3/t27?,28?,29-,30+. The van der Waals surface area contributed by atoms with Gasteiger partial charge in [0.1, 0.15) is 0 Å². The Labute approximate surface area is 223 Å². The lowest BCUT2D eigenvalue weighted by Crippen LogP contribution is -2.41. The fourth-order valence-corrected chi connectivity index (χ4v) is 6.88. The van der Waals surface area contributed by atoms with Gasteiger partial charge in [-0.3, -0.25) is 9.59 Å². The Morgan fingerprint density at radius 2 is 1.16 bits per heavy atom. The number of anilines is 1. The number of ether oxygens (including phenoxy) is 1. The number of rotatable bonds is 9. The lowest BCUT2D eigenvalue weighted by atomic mass is 9.55. The van der Waals surface area contributed by atoms with E-state index in [4.69, 9.17) is 4.74 Å². The molecule has 2 atom stereocenters. The van der Waals surface area contributed by atoms with Crippen molar-refractivity contribution in [3.63, 3.8) is 0 Å². The Kier molecular flexibility index (Phi) is 6.61. The highest BCUT2D eigenvalue weighted by Crippen LogP contribution is 2.61. The second-order valence-corrected chi connectivity index (χ2v) is 10.7. The van der Waals surface area contributed by atoms with Gasteiger partial charge in [0.2, 0.25) is 11.8 Å². The third-order valence-corrected chi connectivity index (χ3v) is 8.54. The van der Waals surface area contributed by atoms with Gasteiger partial charge < -0.3 is 4.74 Å². The van der Waals surface area contributed by atoms with Gasteiger partial charge in [0.25, 0.3) is 0 Å². The molecule has 0 radical (unpaired) electrons. The number of carbonyl (C=O) groups excluding carboxylic acids is 3. The molecule has 0 unspecified atom stereocenters. The molecule has 194 valence electrons. The van der Waals surface area contributed by atoms with E-state index in [0.29, 0.717) is 12.3 Å². The molecule has 0 N–H and O–H groups in total. The van der Waals surface area contributed by atoms with Gasteiger partial charge >= 0.3 is 5.97 Å². The van der Waals surface area contributed by atoms with E-state index >= 15 is 0 Å². The van der Waals surface area contributed by atoms with Gasteiger partial charge in [-0.25, -0.2) is 9.69 Å². The minimum absolute atomic E-state index is 0.175. The third-order valence-electron chi connectivity index (χ3n) is 8.54. The van der Waals surface area contributed by atoms with Crippen LogP contribution in [-0.2, 0) is 14.3 Å². The summed E-state index contributed by atoms with van der Waals surface area (Å²) in [5, 5.41) is 0. The number of carbonyl (C=O) groups is 3. The predicted molar refractivity (Wildman–Crippen MR) is 146 cm³/mol. The van der Waals surface area contributed by atoms with Crippen molar-refractivity contribution in [2.75, 3.05) is 11.5 Å². The van der Waals surface area contributed by atoms with Crippen molar-refractivity contribution < 1.29 is 19.1 Å². The number of imide groups is 1. The van der Waals surface area contributed by atoms with Gasteiger partial charge in [0.05, 0.1) is 29.7 Å². The lowest BCUT2D eigenvalue weighted by molar-refractivity contribution is -0.122. The van der Waals surface area contributed by atoms with E-state index in [-0.39, 0.29) is 29.2 Å². The zero-order valence-corrected chi connectivity index (χ0v) is 21.8. The Morgan fingerprint density at radius 1 is 0.684 bits per heavy atom. The Bertz CT molecular complexity index is 1280. The van der Waals surface area contributed by atoms with Crippen molar-refractivity contribution in [3.05, 3.63) is 101 Å². The highest BCUT2D eigenvalue weighted by molar-refractivity contribution is 6.25. The van der Waals surface area contributed by atoms with Gasteiger partial charge in [-0.1, -0.05) is 99.7 Å². The van der Waals surface area contributed by atoms with Gasteiger partial charge in [-0.05, 0) is 40.8 Å². The molecular weight excluding hydrogens is 474 g/mol. The maximum atomic E-state index is 14.1. The minimum atomic E-state index is -0.487. The zero-order chi connectivity index (χ0) is 26.2. The third kappa shape index (κ3) is 3.87. The van der Waals surface area contributed by atoms with E-state index in [0.717, 1.165) is 41.5 Å². The summed E-state index contributed by atoms with van der Waals surface area (Å²) < 4.78 is 5.59. The molecular formula is C33H33NO4. The Hall–Kier alpha value is -3.73. The molecule has 5 nitrogen and oxygen atoms in total. The number of hydrogen-bond acceptors (Lipinski definition) is 4. The van der Waals surface area contributed by atoms with Crippen LogP contribution >= 0.6 is 0 Å². The van der Waals surface area contributed by atoms with Crippen molar-refractivity contribution in [1.29, 1.82) is 0 Å². The fourth-order valence-electron chi connectivity index (χ4n) is 6.88. The molecule has 0 spiro atoms. The van der Waals surface area contributed by atoms with Gasteiger partial charge in [-0.15, -0.1) is 0 Å². The molecule has 5 heteroatoms. The highest BCUT2D eigenvalue weighted by Gasteiger charge is 2.62. The normalized spacial score (nSPS) is 22.7. The van der Waals surface area contributed by atoms with Crippen molar-refractivity contribution in [2.24, 2.45) is 11.8 Å². The van der Waals surface area contributed by atoms with Crippen LogP contribution in [-0.4, -0.2) is 24.4 Å². The summed E-state index contributed by atoms with van der Waals surface area (Å²) in [4.78, 5) is 42.5. The van der Waals surface area contributed by atoms with Crippen LogP contribution in [0.25, 0.3) is 0 Å². The van der Waals surface area contributed by atoms with Crippen molar-refractivity contribution in [2.45, 2.75) is 57.3 Å². The molecule has 2 amide bonds. The predicted octanol–water partition coefficient (Wildman–Crippen LogP) is 6.60. The molecule has 1 fully saturated rings. The fraction of sp³-hybridized carbons (Fsp3) is 0.364. The van der Waals surface area contributed by atoms with Crippen LogP contribution in [0.2, 0.25) is 0 Å². The molecule has 4 aliphatic rings. The number of esters is 1. The van der Waals surface area contributed by atoms with E-state index in [9.17, 15) is 14.4 Å². The van der Waals surface area contributed by atoms with Crippen molar-refractivity contribution >= 4 is 23.5 Å². The Morgan fingerprint density at radius 3 is 1.71 bits per heavy atom. The molecule has 1 saturated heterocycles. The van der Waals surface area contributed by atoms with Crippen LogP contribution in [0.5, 0.6) is 0 Å². The van der Waals surface area contributed by atoms with Crippen LogP contribution in [0.4, 0.5) is 5.69 Å². The van der Waals surface area contributed by atoms with E-state index in [1.807, 2.05) is 24.3 Å². The molecule has 1 aliphatic heterocycles. The van der Waals surface area contributed by atoms with E-state index in [2.05, 4.69) is 31.2 Å². The molecule has 38 heavy (non-hydrogen) atoms. The van der Waals surface area contributed by atoms with Crippen LogP contribution in [0.3, 0.4) is 0 Å². The monoisotopic (exact) mass is 507 g/mol. The average molecular weight is 508 g/mol. The largest absolute Gasteiger partial charge is 0.462 e. The van der Waals surface area contributed by atoms with E-state index in [1.54, 1.807) is 24.3 Å². The van der Waals surface area contributed by atoms with Crippen LogP contribution < -0.4 is 4.90 Å². The number of hydrogen-bond donors (Lipinski definition) is 0. The molecule has 3 aromatic rings. The van der Waals surface area contributed by atoms with Crippen molar-refractivity contribution in [1.82, 2.24) is 0 Å².